The largest absolute Gasteiger partial charge is 0.394 e. The van der Waals surface area contributed by atoms with Gasteiger partial charge in [-0.1, -0.05) is 0 Å². The number of hydrogen-bond acceptors (Lipinski definition) is 11. The fraction of sp³-hybridized carbons (Fsp3) is 0.923. The summed E-state index contributed by atoms with van der Waals surface area (Å²) in [4.78, 5) is 11.8. The van der Waals surface area contributed by atoms with Gasteiger partial charge in [0.1, 0.15) is 36.6 Å². The first-order valence-electron chi connectivity index (χ1n) is 7.32. The Morgan fingerprint density at radius 2 is 1.50 bits per heavy atom. The number of carbonyl (C=O) groups excluding carboxylic acids is 1. The molecule has 24 heavy (non-hydrogen) atoms. The maximum Gasteiger partial charge on any atom is 0.197 e. The van der Waals surface area contributed by atoms with Crippen LogP contribution in [0.15, 0.2) is 0 Å². The molecule has 0 aliphatic carbocycles. The van der Waals surface area contributed by atoms with Gasteiger partial charge in [-0.25, -0.2) is 0 Å². The Labute approximate surface area is 136 Å². The van der Waals surface area contributed by atoms with Gasteiger partial charge < -0.3 is 49.6 Å². The Morgan fingerprint density at radius 3 is 2.04 bits per heavy atom. The molecule has 140 valence electrons. The summed E-state index contributed by atoms with van der Waals surface area (Å²) in [6.07, 6.45) is -13.4. The molecule has 2 rings (SSSR count). The molecule has 0 radical (unpaired) electrons. The summed E-state index contributed by atoms with van der Waals surface area (Å²) in [7, 11) is 1.23. The summed E-state index contributed by atoms with van der Waals surface area (Å²) in [5.41, 5.74) is 0. The molecule has 0 aromatic heterocycles. The van der Waals surface area contributed by atoms with Crippen LogP contribution in [-0.4, -0.2) is 112 Å². The van der Waals surface area contributed by atoms with Gasteiger partial charge in [0, 0.05) is 7.11 Å². The van der Waals surface area contributed by atoms with Crippen molar-refractivity contribution in [3.63, 3.8) is 0 Å². The molecule has 2 fully saturated rings. The highest BCUT2D eigenvalue weighted by Gasteiger charge is 2.50. The molecule has 0 spiro atoms. The minimum Gasteiger partial charge on any atom is -0.394 e. The zero-order chi connectivity index (χ0) is 18.0. The van der Waals surface area contributed by atoms with Crippen molar-refractivity contribution < 1.29 is 54.4 Å². The van der Waals surface area contributed by atoms with Crippen LogP contribution in [0.4, 0.5) is 0 Å². The Kier molecular flexibility index (Phi) is 6.61. The van der Waals surface area contributed by atoms with E-state index < -0.39 is 74.3 Å². The fourth-order valence-corrected chi connectivity index (χ4v) is 2.63. The van der Waals surface area contributed by atoms with Crippen molar-refractivity contribution in [2.45, 2.75) is 55.3 Å². The topological polar surface area (TPSA) is 175 Å². The normalized spacial score (nSPS) is 47.0. The SMILES string of the molecule is CO[C@@H]1O[C@@H](CO)[C@@H](O[C@@H]2OC(CO)[C@@H](O)C(=O)[C@@H]2O)C(O)C1O. The van der Waals surface area contributed by atoms with Crippen molar-refractivity contribution in [3.8, 4) is 0 Å². The van der Waals surface area contributed by atoms with E-state index in [0.29, 0.717) is 0 Å². The van der Waals surface area contributed by atoms with Crippen LogP contribution >= 0.6 is 0 Å². The minimum absolute atomic E-state index is 0.614. The summed E-state index contributed by atoms with van der Waals surface area (Å²) >= 11 is 0. The van der Waals surface area contributed by atoms with Gasteiger partial charge in [0.25, 0.3) is 0 Å². The molecule has 2 heterocycles. The van der Waals surface area contributed by atoms with Crippen molar-refractivity contribution in [2.24, 2.45) is 0 Å². The van der Waals surface area contributed by atoms with E-state index in [-0.39, 0.29) is 0 Å². The second-order valence-corrected chi connectivity index (χ2v) is 5.56. The maximum atomic E-state index is 11.8. The smallest absolute Gasteiger partial charge is 0.197 e. The predicted octanol–water partition coefficient (Wildman–Crippen LogP) is -4.53. The minimum atomic E-state index is -1.88. The molecular formula is C13H22O11. The zero-order valence-corrected chi connectivity index (χ0v) is 12.8. The molecule has 2 saturated heterocycles. The van der Waals surface area contributed by atoms with Gasteiger partial charge in [-0.2, -0.15) is 0 Å². The Hall–Kier alpha value is -0.730. The van der Waals surface area contributed by atoms with Crippen LogP contribution in [0, 0.1) is 0 Å². The van der Waals surface area contributed by atoms with E-state index in [1.165, 1.54) is 7.11 Å². The van der Waals surface area contributed by atoms with Crippen molar-refractivity contribution in [1.29, 1.82) is 0 Å². The molecule has 9 atom stereocenters. The lowest BCUT2D eigenvalue weighted by Crippen LogP contribution is -2.63. The van der Waals surface area contributed by atoms with Crippen LogP contribution in [-0.2, 0) is 23.7 Å². The number of aliphatic hydroxyl groups is 6. The average Bonchev–Trinajstić information content (AvgIpc) is 2.59. The standard InChI is InChI=1S/C13H22O11/c1-21-12-10(20)8(18)11(5(3-15)23-12)24-13-9(19)7(17)6(16)4(2-14)22-13/h4-6,8-16,18-20H,2-3H2,1H3/t4?,5-,6+,8?,9-,10?,11+,12+,13-/m0/s1. The monoisotopic (exact) mass is 354 g/mol. The van der Waals surface area contributed by atoms with Gasteiger partial charge in [0.2, 0.25) is 0 Å². The van der Waals surface area contributed by atoms with Crippen LogP contribution < -0.4 is 0 Å². The summed E-state index contributed by atoms with van der Waals surface area (Å²) < 4.78 is 20.5. The number of Topliss-reactive ketones (excluding diaryl/α,β-unsaturated/α-hetero) is 1. The number of hydrogen-bond donors (Lipinski definition) is 6. The van der Waals surface area contributed by atoms with E-state index >= 15 is 0 Å². The van der Waals surface area contributed by atoms with Crippen LogP contribution in [0.1, 0.15) is 0 Å². The molecule has 2 aliphatic heterocycles. The molecule has 3 unspecified atom stereocenters. The van der Waals surface area contributed by atoms with Gasteiger partial charge >= 0.3 is 0 Å². The first-order chi connectivity index (χ1) is 11.3. The van der Waals surface area contributed by atoms with E-state index in [1.54, 1.807) is 0 Å². The number of aliphatic hydroxyl groups excluding tert-OH is 6. The van der Waals surface area contributed by atoms with Gasteiger partial charge in [-0.05, 0) is 0 Å². The highest BCUT2D eigenvalue weighted by molar-refractivity contribution is 5.88. The first-order valence-corrected chi connectivity index (χ1v) is 7.32. The molecular weight excluding hydrogens is 332 g/mol. The van der Waals surface area contributed by atoms with E-state index in [2.05, 4.69) is 0 Å². The number of ketones is 1. The van der Waals surface area contributed by atoms with E-state index in [4.69, 9.17) is 24.1 Å². The zero-order valence-electron chi connectivity index (χ0n) is 12.8. The second kappa shape index (κ2) is 8.10. The molecule has 0 aromatic rings. The fourth-order valence-electron chi connectivity index (χ4n) is 2.63. The average molecular weight is 354 g/mol. The lowest BCUT2D eigenvalue weighted by Gasteiger charge is -2.44. The van der Waals surface area contributed by atoms with Crippen molar-refractivity contribution in [1.82, 2.24) is 0 Å². The molecule has 0 amide bonds. The number of rotatable bonds is 5. The molecule has 2 aliphatic rings. The first kappa shape index (κ1) is 19.6. The quantitative estimate of drug-likeness (QED) is 0.280. The van der Waals surface area contributed by atoms with Crippen LogP contribution in [0.2, 0.25) is 0 Å². The summed E-state index contributed by atoms with van der Waals surface area (Å²) in [6, 6.07) is 0. The molecule has 0 saturated carbocycles. The van der Waals surface area contributed by atoms with Crippen LogP contribution in [0.25, 0.3) is 0 Å². The third kappa shape index (κ3) is 3.60. The molecule has 11 heteroatoms. The highest BCUT2D eigenvalue weighted by Crippen LogP contribution is 2.28. The van der Waals surface area contributed by atoms with E-state index in [1.807, 2.05) is 0 Å². The molecule has 6 N–H and O–H groups in total. The van der Waals surface area contributed by atoms with E-state index in [0.717, 1.165) is 0 Å². The molecule has 0 bridgehead atoms. The second-order valence-electron chi connectivity index (χ2n) is 5.56. The van der Waals surface area contributed by atoms with Gasteiger partial charge in [-0.3, -0.25) is 4.79 Å². The third-order valence-electron chi connectivity index (χ3n) is 4.03. The van der Waals surface area contributed by atoms with E-state index in [9.17, 15) is 30.3 Å². The Balaban J connectivity index is 2.13. The Morgan fingerprint density at radius 1 is 0.917 bits per heavy atom. The third-order valence-corrected chi connectivity index (χ3v) is 4.03. The van der Waals surface area contributed by atoms with Crippen molar-refractivity contribution >= 4 is 5.78 Å². The van der Waals surface area contributed by atoms with Crippen molar-refractivity contribution in [2.75, 3.05) is 20.3 Å². The van der Waals surface area contributed by atoms with Gasteiger partial charge in [-0.15, -0.1) is 0 Å². The lowest BCUT2D eigenvalue weighted by atomic mass is 9.97. The summed E-state index contributed by atoms with van der Waals surface area (Å²) in [6.45, 7) is -1.32. The van der Waals surface area contributed by atoms with Crippen molar-refractivity contribution in [3.05, 3.63) is 0 Å². The summed E-state index contributed by atoms with van der Waals surface area (Å²) in [5.74, 6) is -1.02. The maximum absolute atomic E-state index is 11.8. The molecule has 0 aromatic carbocycles. The van der Waals surface area contributed by atoms with Gasteiger partial charge in [0.05, 0.1) is 13.2 Å². The summed E-state index contributed by atoms with van der Waals surface area (Å²) in [5, 5.41) is 57.9. The van der Waals surface area contributed by atoms with Crippen LogP contribution in [0.3, 0.4) is 0 Å². The molecule has 11 nitrogen and oxygen atoms in total. The Bertz CT molecular complexity index is 430. The number of carbonyl (C=O) groups is 1. The highest BCUT2D eigenvalue weighted by atomic mass is 16.7. The lowest BCUT2D eigenvalue weighted by molar-refractivity contribution is -0.340. The van der Waals surface area contributed by atoms with Gasteiger partial charge in [0.15, 0.2) is 24.5 Å². The number of ether oxygens (including phenoxy) is 4. The van der Waals surface area contributed by atoms with Crippen LogP contribution in [0.5, 0.6) is 0 Å². The number of methoxy groups -OCH3 is 1. The predicted molar refractivity (Wildman–Crippen MR) is 72.4 cm³/mol.